The van der Waals surface area contributed by atoms with Gasteiger partial charge >= 0.3 is 0 Å². The summed E-state index contributed by atoms with van der Waals surface area (Å²) in [5.41, 5.74) is 13.6. The van der Waals surface area contributed by atoms with Crippen LogP contribution < -0.4 is 10.4 Å². The van der Waals surface area contributed by atoms with Crippen molar-refractivity contribution in [3.05, 3.63) is 108 Å². The Bertz CT molecular complexity index is 1440. The first kappa shape index (κ1) is 19.4. The van der Waals surface area contributed by atoms with Crippen molar-refractivity contribution in [1.82, 2.24) is 4.90 Å². The smallest absolute Gasteiger partial charge is 0.256 e. The Hall–Kier alpha value is -4.31. The summed E-state index contributed by atoms with van der Waals surface area (Å²) in [7, 11) is 3.62. The molecule has 0 saturated heterocycles. The molecule has 1 N–H and O–H groups in total. The van der Waals surface area contributed by atoms with Crippen molar-refractivity contribution >= 4 is 28.6 Å². The van der Waals surface area contributed by atoms with Crippen LogP contribution in [-0.4, -0.2) is 24.9 Å². The fourth-order valence-electron chi connectivity index (χ4n) is 4.84. The van der Waals surface area contributed by atoms with Crippen molar-refractivity contribution in [2.75, 3.05) is 24.5 Å². The lowest BCUT2D eigenvalue weighted by Gasteiger charge is -2.41. The zero-order valence-corrected chi connectivity index (χ0v) is 18.5. The Kier molecular flexibility index (Phi) is 4.34. The molecule has 2 aliphatic heterocycles. The van der Waals surface area contributed by atoms with Gasteiger partial charge in [-0.1, -0.05) is 91.0 Å². The molecule has 0 spiro atoms. The van der Waals surface area contributed by atoms with Crippen LogP contribution in [0.5, 0.6) is 0 Å². The summed E-state index contributed by atoms with van der Waals surface area (Å²) in [5, 5.41) is 2.09. The van der Waals surface area contributed by atoms with Gasteiger partial charge in [0.25, 0.3) is 5.91 Å². The first-order valence-electron chi connectivity index (χ1n) is 11.1. The van der Waals surface area contributed by atoms with E-state index in [1.54, 1.807) is 4.90 Å². The Morgan fingerprint density at radius 1 is 0.667 bits per heavy atom. The zero-order chi connectivity index (χ0) is 22.5. The molecule has 160 valence electrons. The fourth-order valence-corrected chi connectivity index (χ4v) is 4.84. The number of benzene rings is 4. The summed E-state index contributed by atoms with van der Waals surface area (Å²) in [6.07, 6.45) is 0. The van der Waals surface area contributed by atoms with Crippen molar-refractivity contribution in [2.24, 2.45) is 0 Å². The fraction of sp³-hybridized carbons (Fsp3) is 0.0690. The van der Waals surface area contributed by atoms with Gasteiger partial charge < -0.3 is 4.90 Å². The molecule has 1 amide bonds. The molecule has 6 rings (SSSR count). The normalized spacial score (nSPS) is 13.3. The van der Waals surface area contributed by atoms with E-state index >= 15 is 0 Å². The van der Waals surface area contributed by atoms with Crippen LogP contribution in [0.2, 0.25) is 0 Å². The lowest BCUT2D eigenvalue weighted by molar-refractivity contribution is -0.122. The van der Waals surface area contributed by atoms with Gasteiger partial charge in [-0.15, -0.1) is 0 Å². The number of carbonyl (C=O) groups excluding carboxylic acids is 1. The summed E-state index contributed by atoms with van der Waals surface area (Å²) >= 11 is 0. The Labute approximate surface area is 193 Å². The van der Waals surface area contributed by atoms with E-state index < -0.39 is 0 Å². The summed E-state index contributed by atoms with van der Waals surface area (Å²) in [6, 6.07) is 33.1. The maximum Gasteiger partial charge on any atom is 0.256 e. The van der Waals surface area contributed by atoms with E-state index in [-0.39, 0.29) is 5.91 Å². The van der Waals surface area contributed by atoms with E-state index in [9.17, 15) is 4.79 Å². The monoisotopic (exact) mass is 429 g/mol. The third kappa shape index (κ3) is 2.88. The lowest BCUT2D eigenvalue weighted by Crippen LogP contribution is -2.38. The second-order valence-electron chi connectivity index (χ2n) is 8.53. The van der Waals surface area contributed by atoms with Crippen molar-refractivity contribution in [3.8, 4) is 22.3 Å². The SMILES string of the molecule is CN(C)C(=O)C1=C2c3ccccc3-c3ccccc3N2Nc2c1cccc2-c1ccccc1. The van der Waals surface area contributed by atoms with Gasteiger partial charge in [0.15, 0.2) is 0 Å². The molecule has 0 aliphatic carbocycles. The molecule has 0 fully saturated rings. The van der Waals surface area contributed by atoms with Gasteiger partial charge in [0.2, 0.25) is 0 Å². The first-order valence-corrected chi connectivity index (χ1v) is 11.1. The highest BCUT2D eigenvalue weighted by Crippen LogP contribution is 2.51. The second kappa shape index (κ2) is 7.38. The summed E-state index contributed by atoms with van der Waals surface area (Å²) in [5.74, 6) is -0.0165. The van der Waals surface area contributed by atoms with Crippen molar-refractivity contribution < 1.29 is 4.79 Å². The average Bonchev–Trinajstić information content (AvgIpc) is 2.87. The van der Waals surface area contributed by atoms with Crippen LogP contribution in [0.3, 0.4) is 0 Å². The number of likely N-dealkylation sites (N-methyl/N-ethyl adjacent to an activating group) is 1. The summed E-state index contributed by atoms with van der Waals surface area (Å²) < 4.78 is 0. The topological polar surface area (TPSA) is 35.6 Å². The summed E-state index contributed by atoms with van der Waals surface area (Å²) in [4.78, 5) is 15.4. The standard InChI is InChI=1S/C29H23N3O/c1-31(2)29(33)26-24-17-10-16-20(19-11-4-3-5-12-19)27(24)30-32-25-18-9-8-14-22(25)21-13-6-7-15-23(21)28(26)32/h3-18,30H,1-2H3. The van der Waals surface area contributed by atoms with E-state index in [1.165, 1.54) is 0 Å². The van der Waals surface area contributed by atoms with Crippen LogP contribution in [0.4, 0.5) is 11.4 Å². The molecule has 2 heterocycles. The largest absolute Gasteiger partial charge is 0.345 e. The number of fused-ring (bicyclic) bond motifs is 7. The first-order chi connectivity index (χ1) is 16.1. The van der Waals surface area contributed by atoms with Gasteiger partial charge in [0.05, 0.1) is 22.6 Å². The van der Waals surface area contributed by atoms with Crippen molar-refractivity contribution in [3.63, 3.8) is 0 Å². The number of nitrogens with zero attached hydrogens (tertiary/aromatic N) is 2. The van der Waals surface area contributed by atoms with Crippen LogP contribution in [0.15, 0.2) is 97.1 Å². The molecule has 33 heavy (non-hydrogen) atoms. The number of anilines is 2. The molecule has 4 aromatic carbocycles. The van der Waals surface area contributed by atoms with Gasteiger partial charge in [-0.3, -0.25) is 15.2 Å². The number of carbonyl (C=O) groups is 1. The number of amides is 1. The highest BCUT2D eigenvalue weighted by Gasteiger charge is 2.37. The minimum Gasteiger partial charge on any atom is -0.345 e. The number of hydrazine groups is 1. The van der Waals surface area contributed by atoms with Crippen molar-refractivity contribution in [2.45, 2.75) is 0 Å². The van der Waals surface area contributed by atoms with Gasteiger partial charge in [0.1, 0.15) is 0 Å². The Balaban J connectivity index is 1.72. The molecule has 4 nitrogen and oxygen atoms in total. The van der Waals surface area contributed by atoms with Gasteiger partial charge in [-0.2, -0.15) is 0 Å². The predicted molar refractivity (Wildman–Crippen MR) is 135 cm³/mol. The molecule has 4 heteroatoms. The number of nitrogens with one attached hydrogen (secondary N) is 1. The molecule has 4 aromatic rings. The van der Waals surface area contributed by atoms with Crippen LogP contribution in [0, 0.1) is 0 Å². The molecular weight excluding hydrogens is 406 g/mol. The third-order valence-corrected chi connectivity index (χ3v) is 6.34. The average molecular weight is 430 g/mol. The van der Waals surface area contributed by atoms with Crippen LogP contribution in [0.1, 0.15) is 11.1 Å². The molecule has 0 unspecified atom stereocenters. The van der Waals surface area contributed by atoms with Crippen molar-refractivity contribution in [1.29, 1.82) is 0 Å². The van der Waals surface area contributed by atoms with Crippen LogP contribution in [-0.2, 0) is 4.79 Å². The van der Waals surface area contributed by atoms with E-state index in [0.717, 1.165) is 50.5 Å². The number of para-hydroxylation sites is 2. The molecule has 0 bridgehead atoms. The van der Waals surface area contributed by atoms with Crippen LogP contribution >= 0.6 is 0 Å². The number of hydrogen-bond acceptors (Lipinski definition) is 3. The van der Waals surface area contributed by atoms with Gasteiger partial charge in [0, 0.05) is 36.3 Å². The quantitative estimate of drug-likeness (QED) is 0.416. The molecule has 0 aromatic heterocycles. The number of rotatable bonds is 2. The van der Waals surface area contributed by atoms with E-state index in [2.05, 4.69) is 65.0 Å². The Morgan fingerprint density at radius 2 is 1.27 bits per heavy atom. The lowest BCUT2D eigenvalue weighted by atomic mass is 9.85. The molecular formula is C29H23N3O. The third-order valence-electron chi connectivity index (χ3n) is 6.34. The number of hydrogen-bond donors (Lipinski definition) is 1. The molecule has 0 saturated carbocycles. The van der Waals surface area contributed by atoms with Gasteiger partial charge in [-0.05, 0) is 17.2 Å². The zero-order valence-electron chi connectivity index (χ0n) is 18.5. The minimum absolute atomic E-state index is 0.0165. The van der Waals surface area contributed by atoms with Gasteiger partial charge in [-0.25, -0.2) is 0 Å². The highest BCUT2D eigenvalue weighted by molar-refractivity contribution is 6.32. The highest BCUT2D eigenvalue weighted by atomic mass is 16.2. The second-order valence-corrected chi connectivity index (χ2v) is 8.53. The maximum absolute atomic E-state index is 13.7. The Morgan fingerprint density at radius 3 is 2.03 bits per heavy atom. The minimum atomic E-state index is -0.0165. The molecule has 2 aliphatic rings. The van der Waals surface area contributed by atoms with E-state index in [1.807, 2.05) is 56.6 Å². The predicted octanol–water partition coefficient (Wildman–Crippen LogP) is 6.14. The molecule has 0 radical (unpaired) electrons. The van der Waals surface area contributed by atoms with Crippen LogP contribution in [0.25, 0.3) is 33.5 Å². The summed E-state index contributed by atoms with van der Waals surface area (Å²) in [6.45, 7) is 0. The maximum atomic E-state index is 13.7. The van der Waals surface area contributed by atoms with E-state index in [0.29, 0.717) is 5.57 Å². The van der Waals surface area contributed by atoms with E-state index in [4.69, 9.17) is 0 Å². The molecule has 0 atom stereocenters.